The smallest absolute Gasteiger partial charge is 0.257 e. The molecule has 1 aromatic heterocycles. The number of anilines is 1. The molecule has 1 heterocycles. The average Bonchev–Trinajstić information content (AvgIpc) is 2.68. The molecular formula is C20H25N3O3. The first kappa shape index (κ1) is 19.4. The fourth-order valence-corrected chi connectivity index (χ4v) is 2.60. The molecule has 0 bridgehead atoms. The van der Waals surface area contributed by atoms with Gasteiger partial charge in [-0.25, -0.2) is 0 Å². The lowest BCUT2D eigenvalue weighted by molar-refractivity contribution is 0.0755. The van der Waals surface area contributed by atoms with Gasteiger partial charge in [0.05, 0.1) is 18.2 Å². The van der Waals surface area contributed by atoms with Crippen molar-refractivity contribution in [2.24, 2.45) is 0 Å². The summed E-state index contributed by atoms with van der Waals surface area (Å²) in [5.74, 6) is 0.305. The molecular weight excluding hydrogens is 330 g/mol. The van der Waals surface area contributed by atoms with Crippen LogP contribution in [0.5, 0.6) is 5.75 Å². The summed E-state index contributed by atoms with van der Waals surface area (Å²) in [6, 6.07) is 8.63. The number of ether oxygens (including phenoxy) is 1. The van der Waals surface area contributed by atoms with Crippen molar-refractivity contribution in [3.63, 3.8) is 0 Å². The van der Waals surface area contributed by atoms with Gasteiger partial charge in [-0.05, 0) is 43.2 Å². The summed E-state index contributed by atoms with van der Waals surface area (Å²) in [7, 11) is 1.59. The zero-order valence-electron chi connectivity index (χ0n) is 15.5. The number of pyridine rings is 1. The molecule has 0 fully saturated rings. The van der Waals surface area contributed by atoms with Crippen LogP contribution in [-0.2, 0) is 0 Å². The highest BCUT2D eigenvalue weighted by atomic mass is 16.5. The van der Waals surface area contributed by atoms with Crippen molar-refractivity contribution in [1.82, 2.24) is 9.88 Å². The van der Waals surface area contributed by atoms with Crippen LogP contribution < -0.4 is 10.1 Å². The van der Waals surface area contributed by atoms with Gasteiger partial charge in [-0.15, -0.1) is 0 Å². The number of hydrogen-bond acceptors (Lipinski definition) is 4. The first-order chi connectivity index (χ1) is 12.6. The van der Waals surface area contributed by atoms with Crippen LogP contribution >= 0.6 is 0 Å². The summed E-state index contributed by atoms with van der Waals surface area (Å²) in [5.41, 5.74) is 1.42. The van der Waals surface area contributed by atoms with Gasteiger partial charge in [0, 0.05) is 31.2 Å². The van der Waals surface area contributed by atoms with Gasteiger partial charge in [0.1, 0.15) is 5.75 Å². The second-order valence-electron chi connectivity index (χ2n) is 5.94. The Morgan fingerprint density at radius 2 is 1.65 bits per heavy atom. The minimum absolute atomic E-state index is 0.0969. The molecule has 138 valence electrons. The van der Waals surface area contributed by atoms with Crippen molar-refractivity contribution in [3.8, 4) is 5.75 Å². The van der Waals surface area contributed by atoms with Crippen LogP contribution in [0, 0.1) is 0 Å². The van der Waals surface area contributed by atoms with Crippen molar-refractivity contribution in [2.75, 3.05) is 25.5 Å². The highest BCUT2D eigenvalue weighted by Gasteiger charge is 2.17. The van der Waals surface area contributed by atoms with E-state index in [9.17, 15) is 9.59 Å². The van der Waals surface area contributed by atoms with E-state index in [0.717, 1.165) is 12.8 Å². The second kappa shape index (κ2) is 9.56. The Hall–Kier alpha value is -2.89. The average molecular weight is 355 g/mol. The van der Waals surface area contributed by atoms with Crippen LogP contribution in [-0.4, -0.2) is 41.9 Å². The van der Waals surface area contributed by atoms with Crippen LogP contribution in [0.15, 0.2) is 42.7 Å². The standard InChI is InChI=1S/C20H25N3O3/c1-4-10-23(11-5-2)20(25)16-12-15(13-21-14-16)19(24)22-17-6-8-18(26-3)9-7-17/h6-9,12-14H,4-5,10-11H2,1-3H3,(H,22,24). The topological polar surface area (TPSA) is 71.5 Å². The summed E-state index contributed by atoms with van der Waals surface area (Å²) in [4.78, 5) is 31.0. The molecule has 0 atom stereocenters. The van der Waals surface area contributed by atoms with Crippen LogP contribution in [0.2, 0.25) is 0 Å². The molecule has 0 spiro atoms. The van der Waals surface area contributed by atoms with E-state index in [0.29, 0.717) is 35.7 Å². The van der Waals surface area contributed by atoms with Gasteiger partial charge < -0.3 is 15.0 Å². The van der Waals surface area contributed by atoms with Crippen molar-refractivity contribution in [2.45, 2.75) is 26.7 Å². The molecule has 1 aromatic carbocycles. The molecule has 2 rings (SSSR count). The van der Waals surface area contributed by atoms with E-state index in [4.69, 9.17) is 4.74 Å². The molecule has 0 aliphatic carbocycles. The summed E-state index contributed by atoms with van der Waals surface area (Å²) in [6.45, 7) is 5.45. The number of rotatable bonds is 8. The van der Waals surface area contributed by atoms with Gasteiger partial charge in [0.15, 0.2) is 0 Å². The zero-order valence-corrected chi connectivity index (χ0v) is 15.5. The van der Waals surface area contributed by atoms with Gasteiger partial charge in [-0.3, -0.25) is 14.6 Å². The van der Waals surface area contributed by atoms with Crippen molar-refractivity contribution in [3.05, 3.63) is 53.9 Å². The number of methoxy groups -OCH3 is 1. The lowest BCUT2D eigenvalue weighted by Crippen LogP contribution is -2.32. The Labute approximate surface area is 154 Å². The van der Waals surface area contributed by atoms with Crippen molar-refractivity contribution >= 4 is 17.5 Å². The SMILES string of the molecule is CCCN(CCC)C(=O)c1cncc(C(=O)Nc2ccc(OC)cc2)c1. The molecule has 26 heavy (non-hydrogen) atoms. The third-order valence-electron chi connectivity index (χ3n) is 3.87. The normalized spacial score (nSPS) is 10.3. The Balaban J connectivity index is 2.13. The highest BCUT2D eigenvalue weighted by molar-refractivity contribution is 6.05. The van der Waals surface area contributed by atoms with E-state index in [1.165, 1.54) is 12.4 Å². The molecule has 0 saturated heterocycles. The zero-order chi connectivity index (χ0) is 18.9. The summed E-state index contributed by atoms with van der Waals surface area (Å²) in [5, 5.41) is 2.80. The highest BCUT2D eigenvalue weighted by Crippen LogP contribution is 2.16. The quantitative estimate of drug-likeness (QED) is 0.785. The summed E-state index contributed by atoms with van der Waals surface area (Å²) >= 11 is 0. The maximum absolute atomic E-state index is 12.7. The first-order valence-corrected chi connectivity index (χ1v) is 8.78. The van der Waals surface area contributed by atoms with Crippen LogP contribution in [0.3, 0.4) is 0 Å². The van der Waals surface area contributed by atoms with E-state index in [1.807, 2.05) is 13.8 Å². The lowest BCUT2D eigenvalue weighted by Gasteiger charge is -2.21. The fraction of sp³-hybridized carbons (Fsp3) is 0.350. The molecule has 1 N–H and O–H groups in total. The maximum atomic E-state index is 12.7. The van der Waals surface area contributed by atoms with Gasteiger partial charge in [-0.1, -0.05) is 13.8 Å². The first-order valence-electron chi connectivity index (χ1n) is 8.78. The fourth-order valence-electron chi connectivity index (χ4n) is 2.60. The summed E-state index contributed by atoms with van der Waals surface area (Å²) < 4.78 is 5.10. The van der Waals surface area contributed by atoms with Crippen LogP contribution in [0.25, 0.3) is 0 Å². The minimum Gasteiger partial charge on any atom is -0.497 e. The Kier molecular flexibility index (Phi) is 7.14. The predicted molar refractivity (Wildman–Crippen MR) is 102 cm³/mol. The van der Waals surface area contributed by atoms with Crippen LogP contribution in [0.4, 0.5) is 5.69 Å². The van der Waals surface area contributed by atoms with E-state index < -0.39 is 0 Å². The predicted octanol–water partition coefficient (Wildman–Crippen LogP) is 3.60. The van der Waals surface area contributed by atoms with Gasteiger partial charge in [-0.2, -0.15) is 0 Å². The number of carbonyl (C=O) groups excluding carboxylic acids is 2. The molecule has 0 unspecified atom stereocenters. The third-order valence-corrected chi connectivity index (χ3v) is 3.87. The Morgan fingerprint density at radius 1 is 1.04 bits per heavy atom. The van der Waals surface area contributed by atoms with Gasteiger partial charge in [0.25, 0.3) is 11.8 Å². The third kappa shape index (κ3) is 5.05. The van der Waals surface area contributed by atoms with Gasteiger partial charge in [0.2, 0.25) is 0 Å². The number of amides is 2. The number of benzene rings is 1. The minimum atomic E-state index is -0.310. The maximum Gasteiger partial charge on any atom is 0.257 e. The van der Waals surface area contributed by atoms with E-state index in [2.05, 4.69) is 10.3 Å². The second-order valence-corrected chi connectivity index (χ2v) is 5.94. The molecule has 0 saturated carbocycles. The molecule has 6 nitrogen and oxygen atoms in total. The molecule has 2 amide bonds. The number of nitrogens with zero attached hydrogens (tertiary/aromatic N) is 2. The number of aromatic nitrogens is 1. The van der Waals surface area contributed by atoms with E-state index in [1.54, 1.807) is 42.3 Å². The van der Waals surface area contributed by atoms with Crippen molar-refractivity contribution < 1.29 is 14.3 Å². The number of carbonyl (C=O) groups is 2. The monoisotopic (exact) mass is 355 g/mol. The molecule has 6 heteroatoms. The van der Waals surface area contributed by atoms with E-state index in [-0.39, 0.29) is 11.8 Å². The number of nitrogens with one attached hydrogen (secondary N) is 1. The van der Waals surface area contributed by atoms with Crippen LogP contribution in [0.1, 0.15) is 47.4 Å². The van der Waals surface area contributed by atoms with Crippen molar-refractivity contribution in [1.29, 1.82) is 0 Å². The number of hydrogen-bond donors (Lipinski definition) is 1. The molecule has 0 aliphatic heterocycles. The molecule has 0 radical (unpaired) electrons. The molecule has 2 aromatic rings. The summed E-state index contributed by atoms with van der Waals surface area (Å²) in [6.07, 6.45) is 4.73. The van der Waals surface area contributed by atoms with Gasteiger partial charge >= 0.3 is 0 Å². The van der Waals surface area contributed by atoms with E-state index >= 15 is 0 Å². The molecule has 0 aliphatic rings. The largest absolute Gasteiger partial charge is 0.497 e. The lowest BCUT2D eigenvalue weighted by atomic mass is 10.1. The Morgan fingerprint density at radius 3 is 2.23 bits per heavy atom. The Bertz CT molecular complexity index is 738.